The highest BCUT2D eigenvalue weighted by Gasteiger charge is 2.11. The summed E-state index contributed by atoms with van der Waals surface area (Å²) in [5.74, 6) is 0. The molecule has 0 saturated heterocycles. The molecule has 0 aliphatic carbocycles. The SMILES string of the molecule is CC(C)N(Cc1ccc(Br)cc1)Cc1cccc(N)c1. The Labute approximate surface area is 129 Å². The minimum Gasteiger partial charge on any atom is -0.399 e. The van der Waals surface area contributed by atoms with Gasteiger partial charge < -0.3 is 5.73 Å². The van der Waals surface area contributed by atoms with Crippen molar-refractivity contribution in [3.8, 4) is 0 Å². The van der Waals surface area contributed by atoms with E-state index in [9.17, 15) is 0 Å². The van der Waals surface area contributed by atoms with Crippen LogP contribution in [0.25, 0.3) is 0 Å². The molecule has 0 aromatic heterocycles. The van der Waals surface area contributed by atoms with E-state index in [1.165, 1.54) is 11.1 Å². The monoisotopic (exact) mass is 332 g/mol. The molecule has 0 radical (unpaired) electrons. The van der Waals surface area contributed by atoms with Gasteiger partial charge in [0.2, 0.25) is 0 Å². The zero-order chi connectivity index (χ0) is 14.5. The van der Waals surface area contributed by atoms with Crippen molar-refractivity contribution >= 4 is 21.6 Å². The Balaban J connectivity index is 2.09. The maximum absolute atomic E-state index is 5.86. The predicted octanol–water partition coefficient (Wildman–Crippen LogP) is 4.44. The standard InChI is InChI=1S/C17H21BrN2/c1-13(2)20(11-14-6-8-16(18)9-7-14)12-15-4-3-5-17(19)10-15/h3-10,13H,11-12,19H2,1-2H3. The van der Waals surface area contributed by atoms with Crippen LogP contribution in [-0.4, -0.2) is 10.9 Å². The fraction of sp³-hybridized carbons (Fsp3) is 0.294. The molecule has 0 saturated carbocycles. The van der Waals surface area contributed by atoms with Crippen LogP contribution in [0.4, 0.5) is 5.69 Å². The van der Waals surface area contributed by atoms with E-state index in [2.05, 4.69) is 71.1 Å². The fourth-order valence-electron chi connectivity index (χ4n) is 2.17. The molecule has 0 spiro atoms. The third-order valence-electron chi connectivity index (χ3n) is 3.37. The van der Waals surface area contributed by atoms with Crippen molar-refractivity contribution in [1.29, 1.82) is 0 Å². The molecule has 106 valence electrons. The highest BCUT2D eigenvalue weighted by molar-refractivity contribution is 9.10. The number of benzene rings is 2. The van der Waals surface area contributed by atoms with E-state index in [-0.39, 0.29) is 0 Å². The lowest BCUT2D eigenvalue weighted by atomic mass is 10.1. The topological polar surface area (TPSA) is 29.3 Å². The average molecular weight is 333 g/mol. The van der Waals surface area contributed by atoms with E-state index in [4.69, 9.17) is 5.73 Å². The maximum Gasteiger partial charge on any atom is 0.0317 e. The molecule has 0 fully saturated rings. The minimum absolute atomic E-state index is 0.486. The Hall–Kier alpha value is -1.32. The molecule has 20 heavy (non-hydrogen) atoms. The molecule has 3 heteroatoms. The number of hydrogen-bond acceptors (Lipinski definition) is 2. The van der Waals surface area contributed by atoms with E-state index in [1.54, 1.807) is 0 Å². The Morgan fingerprint density at radius 1 is 1.00 bits per heavy atom. The second-order valence-electron chi connectivity index (χ2n) is 5.37. The molecule has 2 nitrogen and oxygen atoms in total. The highest BCUT2D eigenvalue weighted by atomic mass is 79.9. The number of hydrogen-bond donors (Lipinski definition) is 1. The summed E-state index contributed by atoms with van der Waals surface area (Å²) in [6, 6.07) is 17.1. The summed E-state index contributed by atoms with van der Waals surface area (Å²) < 4.78 is 1.12. The van der Waals surface area contributed by atoms with Crippen molar-refractivity contribution in [2.75, 3.05) is 5.73 Å². The van der Waals surface area contributed by atoms with Crippen LogP contribution >= 0.6 is 15.9 Å². The third-order valence-corrected chi connectivity index (χ3v) is 3.89. The Kier molecular flexibility index (Phi) is 5.21. The van der Waals surface area contributed by atoms with Crippen molar-refractivity contribution in [2.45, 2.75) is 33.0 Å². The summed E-state index contributed by atoms with van der Waals surface area (Å²) >= 11 is 3.47. The molecule has 0 amide bonds. The number of anilines is 1. The van der Waals surface area contributed by atoms with Crippen molar-refractivity contribution in [2.24, 2.45) is 0 Å². The lowest BCUT2D eigenvalue weighted by Gasteiger charge is -2.26. The van der Waals surface area contributed by atoms with E-state index < -0.39 is 0 Å². The van der Waals surface area contributed by atoms with Gasteiger partial charge in [-0.15, -0.1) is 0 Å². The van der Waals surface area contributed by atoms with Gasteiger partial charge in [-0.2, -0.15) is 0 Å². The van der Waals surface area contributed by atoms with E-state index >= 15 is 0 Å². The lowest BCUT2D eigenvalue weighted by molar-refractivity contribution is 0.203. The van der Waals surface area contributed by atoms with Crippen molar-refractivity contribution in [3.05, 3.63) is 64.1 Å². The number of rotatable bonds is 5. The third kappa shape index (κ3) is 4.36. The molecule has 2 rings (SSSR count). The smallest absolute Gasteiger partial charge is 0.0317 e. The fourth-order valence-corrected chi connectivity index (χ4v) is 2.44. The first-order chi connectivity index (χ1) is 9.54. The summed E-state index contributed by atoms with van der Waals surface area (Å²) in [6.45, 7) is 6.31. The lowest BCUT2D eigenvalue weighted by Crippen LogP contribution is -2.29. The Morgan fingerprint density at radius 2 is 1.65 bits per heavy atom. The summed E-state index contributed by atoms with van der Waals surface area (Å²) in [5.41, 5.74) is 9.27. The van der Waals surface area contributed by atoms with Crippen LogP contribution in [0, 0.1) is 0 Å². The number of nitrogens with zero attached hydrogens (tertiary/aromatic N) is 1. The second kappa shape index (κ2) is 6.91. The first-order valence-electron chi connectivity index (χ1n) is 6.87. The van der Waals surface area contributed by atoms with Crippen LogP contribution in [-0.2, 0) is 13.1 Å². The molecular formula is C17H21BrN2. The van der Waals surface area contributed by atoms with Crippen LogP contribution in [0.3, 0.4) is 0 Å². The molecule has 0 bridgehead atoms. The first-order valence-corrected chi connectivity index (χ1v) is 7.67. The number of halogens is 1. The minimum atomic E-state index is 0.486. The van der Waals surface area contributed by atoms with Gasteiger partial charge >= 0.3 is 0 Å². The van der Waals surface area contributed by atoms with Gasteiger partial charge in [-0.3, -0.25) is 4.90 Å². The first kappa shape index (κ1) is 15.1. The van der Waals surface area contributed by atoms with E-state index in [0.717, 1.165) is 23.2 Å². The molecule has 0 aliphatic rings. The zero-order valence-electron chi connectivity index (χ0n) is 12.0. The summed E-state index contributed by atoms with van der Waals surface area (Å²) in [5, 5.41) is 0. The van der Waals surface area contributed by atoms with Crippen molar-refractivity contribution in [3.63, 3.8) is 0 Å². The van der Waals surface area contributed by atoms with Crippen molar-refractivity contribution in [1.82, 2.24) is 4.90 Å². The highest BCUT2D eigenvalue weighted by Crippen LogP contribution is 2.17. The van der Waals surface area contributed by atoms with Gasteiger partial charge in [0.25, 0.3) is 0 Å². The molecular weight excluding hydrogens is 312 g/mol. The summed E-state index contributed by atoms with van der Waals surface area (Å²) in [6.07, 6.45) is 0. The molecule has 0 atom stereocenters. The molecule has 2 N–H and O–H groups in total. The maximum atomic E-state index is 5.86. The van der Waals surface area contributed by atoms with Gasteiger partial charge in [0, 0.05) is 29.3 Å². The van der Waals surface area contributed by atoms with Crippen LogP contribution in [0.15, 0.2) is 53.0 Å². The molecule has 0 unspecified atom stereocenters. The van der Waals surface area contributed by atoms with Gasteiger partial charge in [0.15, 0.2) is 0 Å². The second-order valence-corrected chi connectivity index (χ2v) is 6.29. The van der Waals surface area contributed by atoms with Crippen LogP contribution in [0.1, 0.15) is 25.0 Å². The zero-order valence-corrected chi connectivity index (χ0v) is 13.6. The van der Waals surface area contributed by atoms with Crippen LogP contribution < -0.4 is 5.73 Å². The van der Waals surface area contributed by atoms with Gasteiger partial charge in [-0.25, -0.2) is 0 Å². The van der Waals surface area contributed by atoms with Gasteiger partial charge in [-0.1, -0.05) is 40.2 Å². The average Bonchev–Trinajstić information content (AvgIpc) is 2.40. The van der Waals surface area contributed by atoms with Gasteiger partial charge in [0.1, 0.15) is 0 Å². The Bertz CT molecular complexity index is 549. The van der Waals surface area contributed by atoms with E-state index in [1.807, 2.05) is 12.1 Å². The van der Waals surface area contributed by atoms with Gasteiger partial charge in [0.05, 0.1) is 0 Å². The summed E-state index contributed by atoms with van der Waals surface area (Å²) in [4.78, 5) is 2.44. The van der Waals surface area contributed by atoms with Crippen molar-refractivity contribution < 1.29 is 0 Å². The quantitative estimate of drug-likeness (QED) is 0.820. The largest absolute Gasteiger partial charge is 0.399 e. The summed E-state index contributed by atoms with van der Waals surface area (Å²) in [7, 11) is 0. The number of nitrogens with two attached hydrogens (primary N) is 1. The van der Waals surface area contributed by atoms with Crippen LogP contribution in [0.2, 0.25) is 0 Å². The molecule has 2 aromatic rings. The number of nitrogen functional groups attached to an aromatic ring is 1. The molecule has 0 aliphatic heterocycles. The Morgan fingerprint density at radius 3 is 2.25 bits per heavy atom. The van der Waals surface area contributed by atoms with E-state index in [0.29, 0.717) is 6.04 Å². The molecule has 0 heterocycles. The molecule has 2 aromatic carbocycles. The van der Waals surface area contributed by atoms with Crippen LogP contribution in [0.5, 0.6) is 0 Å². The predicted molar refractivity (Wildman–Crippen MR) is 89.4 cm³/mol. The van der Waals surface area contributed by atoms with Gasteiger partial charge in [-0.05, 0) is 49.2 Å². The normalized spacial score (nSPS) is 11.2.